The number of amides is 1. The second kappa shape index (κ2) is 13.0. The highest BCUT2D eigenvalue weighted by atomic mass is 16.5. The summed E-state index contributed by atoms with van der Waals surface area (Å²) in [6.45, 7) is 1.90. The summed E-state index contributed by atoms with van der Waals surface area (Å²) in [5, 5.41) is 24.1. The summed E-state index contributed by atoms with van der Waals surface area (Å²) in [5.74, 6) is -0.790. The van der Waals surface area contributed by atoms with Crippen molar-refractivity contribution in [2.75, 3.05) is 7.11 Å². The van der Waals surface area contributed by atoms with Gasteiger partial charge >= 0.3 is 0 Å². The number of methoxy groups -OCH3 is 1. The van der Waals surface area contributed by atoms with E-state index in [2.05, 4.69) is 5.32 Å². The molecule has 1 aromatic rings. The Morgan fingerprint density at radius 1 is 1.06 bits per heavy atom. The Bertz CT molecular complexity index is 1030. The molecule has 3 rings (SSSR count). The molecular weight excluding hydrogens is 442 g/mol. The summed E-state index contributed by atoms with van der Waals surface area (Å²) in [6.07, 6.45) is 13.4. The second-order valence-corrected chi connectivity index (χ2v) is 9.03. The SMILES string of the molecule is CO[C@@H]1C[C@@H]2/C=C(C)/C=C/C=C\C(=O)N[C@H](c3ccccc3)C/C=C/CC[C@@H](O)CC(=O)C2=C1O. The van der Waals surface area contributed by atoms with Crippen LogP contribution in [0.15, 0.2) is 89.8 Å². The molecule has 6 nitrogen and oxygen atoms in total. The van der Waals surface area contributed by atoms with Crippen LogP contribution in [-0.2, 0) is 14.3 Å². The number of aliphatic hydroxyl groups is 2. The molecule has 0 unspecified atom stereocenters. The van der Waals surface area contributed by atoms with Crippen molar-refractivity contribution in [2.24, 2.45) is 5.92 Å². The Morgan fingerprint density at radius 2 is 1.80 bits per heavy atom. The van der Waals surface area contributed by atoms with Gasteiger partial charge in [-0.2, -0.15) is 0 Å². The lowest BCUT2D eigenvalue weighted by Gasteiger charge is -2.17. The van der Waals surface area contributed by atoms with Crippen LogP contribution in [0.4, 0.5) is 0 Å². The van der Waals surface area contributed by atoms with Gasteiger partial charge in [-0.3, -0.25) is 9.59 Å². The van der Waals surface area contributed by atoms with Gasteiger partial charge < -0.3 is 20.3 Å². The number of ketones is 1. The molecule has 0 fully saturated rings. The number of ether oxygens (including phenoxy) is 1. The standard InChI is InChI=1S/C29H35NO5/c1-20-11-9-10-16-27(33)30-24(21-12-5-3-6-13-21)15-8-4-7-14-23(31)19-25(32)28-22(17-20)18-26(35-2)29(28)34/h3-6,8-13,16-17,22-24,26,31,34H,7,14-15,18-19H2,1-2H3,(H,30,33)/b8-4+,11-9+,16-10-,20-17+/t22-,23+,24-,26+/m0/s1. The summed E-state index contributed by atoms with van der Waals surface area (Å²) in [5.41, 5.74) is 2.22. The maximum atomic E-state index is 13.0. The Kier molecular flexibility index (Phi) is 9.82. The molecule has 0 radical (unpaired) electrons. The van der Waals surface area contributed by atoms with E-state index in [1.165, 1.54) is 13.2 Å². The zero-order valence-corrected chi connectivity index (χ0v) is 20.4. The summed E-state index contributed by atoms with van der Waals surface area (Å²) in [6, 6.07) is 9.61. The van der Waals surface area contributed by atoms with Gasteiger partial charge in [0.05, 0.1) is 12.1 Å². The highest BCUT2D eigenvalue weighted by molar-refractivity contribution is 5.97. The van der Waals surface area contributed by atoms with E-state index in [1.807, 2.05) is 61.6 Å². The molecule has 1 aliphatic carbocycles. The van der Waals surface area contributed by atoms with Crippen molar-refractivity contribution in [3.63, 3.8) is 0 Å². The largest absolute Gasteiger partial charge is 0.509 e. The van der Waals surface area contributed by atoms with Gasteiger partial charge in [-0.1, -0.05) is 72.4 Å². The van der Waals surface area contributed by atoms with Gasteiger partial charge in [-0.05, 0) is 38.2 Å². The van der Waals surface area contributed by atoms with E-state index in [4.69, 9.17) is 4.74 Å². The zero-order chi connectivity index (χ0) is 25.2. The molecule has 1 aromatic carbocycles. The number of Topliss-reactive ketones (excluding diaryl/α,β-unsaturated/α-hetero) is 1. The number of hydrogen-bond acceptors (Lipinski definition) is 5. The number of aliphatic hydroxyl groups excluding tert-OH is 2. The minimum atomic E-state index is -0.810. The number of nitrogens with one attached hydrogen (secondary N) is 1. The summed E-state index contributed by atoms with van der Waals surface area (Å²) in [7, 11) is 1.51. The van der Waals surface area contributed by atoms with Crippen molar-refractivity contribution >= 4 is 11.7 Å². The van der Waals surface area contributed by atoms with Crippen LogP contribution in [-0.4, -0.2) is 41.2 Å². The molecule has 4 atom stereocenters. The fourth-order valence-electron chi connectivity index (χ4n) is 4.50. The second-order valence-electron chi connectivity index (χ2n) is 9.03. The molecule has 186 valence electrons. The first-order chi connectivity index (χ1) is 16.9. The fourth-order valence-corrected chi connectivity index (χ4v) is 4.50. The molecule has 3 N–H and O–H groups in total. The average Bonchev–Trinajstić information content (AvgIpc) is 3.15. The molecule has 0 spiro atoms. The van der Waals surface area contributed by atoms with E-state index >= 15 is 0 Å². The number of rotatable bonds is 2. The maximum Gasteiger partial charge on any atom is 0.244 e. The van der Waals surface area contributed by atoms with Gasteiger partial charge in [-0.15, -0.1) is 0 Å². The maximum absolute atomic E-state index is 13.0. The van der Waals surface area contributed by atoms with Crippen molar-refractivity contribution in [3.05, 3.63) is 95.3 Å². The van der Waals surface area contributed by atoms with Gasteiger partial charge in [0.2, 0.25) is 5.91 Å². The number of carbonyl (C=O) groups is 2. The van der Waals surface area contributed by atoms with Crippen molar-refractivity contribution in [1.29, 1.82) is 0 Å². The zero-order valence-electron chi connectivity index (χ0n) is 20.4. The third kappa shape index (κ3) is 7.64. The molecule has 6 heteroatoms. The van der Waals surface area contributed by atoms with Gasteiger partial charge in [0.25, 0.3) is 0 Å². The molecular formula is C29H35NO5. The molecule has 0 saturated heterocycles. The summed E-state index contributed by atoms with van der Waals surface area (Å²) in [4.78, 5) is 25.5. The number of fused-ring (bicyclic) bond motifs is 1. The van der Waals surface area contributed by atoms with Gasteiger partial charge in [0.1, 0.15) is 11.9 Å². The summed E-state index contributed by atoms with van der Waals surface area (Å²) >= 11 is 0. The van der Waals surface area contributed by atoms with Crippen LogP contribution in [0.2, 0.25) is 0 Å². The van der Waals surface area contributed by atoms with E-state index in [1.54, 1.807) is 12.2 Å². The first-order valence-electron chi connectivity index (χ1n) is 12.1. The lowest BCUT2D eigenvalue weighted by molar-refractivity contribution is -0.118. The predicted octanol–water partition coefficient (Wildman–Crippen LogP) is 4.81. The number of hydrogen-bond donors (Lipinski definition) is 3. The Labute approximate surface area is 207 Å². The first kappa shape index (κ1) is 26.4. The minimum Gasteiger partial charge on any atom is -0.509 e. The highest BCUT2D eigenvalue weighted by Gasteiger charge is 2.36. The average molecular weight is 478 g/mol. The smallest absolute Gasteiger partial charge is 0.244 e. The molecule has 0 saturated carbocycles. The van der Waals surface area contributed by atoms with E-state index in [9.17, 15) is 19.8 Å². The molecule has 1 amide bonds. The molecule has 35 heavy (non-hydrogen) atoms. The number of benzene rings is 1. The van der Waals surface area contributed by atoms with E-state index < -0.39 is 12.2 Å². The Balaban J connectivity index is 1.84. The van der Waals surface area contributed by atoms with Crippen LogP contribution < -0.4 is 5.32 Å². The van der Waals surface area contributed by atoms with Crippen LogP contribution in [0.5, 0.6) is 0 Å². The minimum absolute atomic E-state index is 0.0444. The number of carbonyl (C=O) groups excluding carboxylic acids is 2. The normalized spacial score (nSPS) is 31.2. The van der Waals surface area contributed by atoms with Crippen LogP contribution in [0, 0.1) is 5.92 Å². The lowest BCUT2D eigenvalue weighted by Crippen LogP contribution is -2.26. The van der Waals surface area contributed by atoms with Crippen molar-refractivity contribution in [3.8, 4) is 0 Å². The predicted molar refractivity (Wildman–Crippen MR) is 137 cm³/mol. The highest BCUT2D eigenvalue weighted by Crippen LogP contribution is 2.36. The van der Waals surface area contributed by atoms with Crippen LogP contribution in [0.3, 0.4) is 0 Å². The molecule has 0 aromatic heterocycles. The lowest BCUT2D eigenvalue weighted by atomic mass is 9.92. The van der Waals surface area contributed by atoms with E-state index in [-0.39, 0.29) is 35.8 Å². The van der Waals surface area contributed by atoms with Crippen LogP contribution >= 0.6 is 0 Å². The fraction of sp³-hybridized carbons (Fsp3) is 0.379. The van der Waals surface area contributed by atoms with Gasteiger partial charge in [-0.25, -0.2) is 0 Å². The number of allylic oxidation sites excluding steroid dienone is 7. The third-order valence-corrected chi connectivity index (χ3v) is 6.33. The molecule has 2 aliphatic rings. The topological polar surface area (TPSA) is 95.9 Å². The van der Waals surface area contributed by atoms with Gasteiger partial charge in [0.15, 0.2) is 5.78 Å². The Morgan fingerprint density at radius 3 is 2.54 bits per heavy atom. The van der Waals surface area contributed by atoms with E-state index in [0.717, 1.165) is 11.1 Å². The van der Waals surface area contributed by atoms with Crippen molar-refractivity contribution in [1.82, 2.24) is 5.32 Å². The monoisotopic (exact) mass is 477 g/mol. The summed E-state index contributed by atoms with van der Waals surface area (Å²) < 4.78 is 5.35. The van der Waals surface area contributed by atoms with Crippen LogP contribution in [0.25, 0.3) is 0 Å². The quantitative estimate of drug-likeness (QED) is 0.532. The first-order valence-corrected chi connectivity index (χ1v) is 12.1. The van der Waals surface area contributed by atoms with E-state index in [0.29, 0.717) is 31.3 Å². The van der Waals surface area contributed by atoms with Gasteiger partial charge in [0, 0.05) is 31.1 Å². The third-order valence-electron chi connectivity index (χ3n) is 6.33. The molecule has 1 aliphatic heterocycles. The molecule has 0 bridgehead atoms. The molecule has 1 heterocycles. The Hall–Kier alpha value is -3.22. The van der Waals surface area contributed by atoms with Crippen molar-refractivity contribution < 1.29 is 24.5 Å². The van der Waals surface area contributed by atoms with Crippen LogP contribution in [0.1, 0.15) is 50.6 Å². The van der Waals surface area contributed by atoms with Crippen molar-refractivity contribution in [2.45, 2.75) is 57.3 Å².